The van der Waals surface area contributed by atoms with E-state index in [1.807, 2.05) is 35.7 Å². The molecule has 1 N–H and O–H groups in total. The Bertz CT molecular complexity index is 585. The van der Waals surface area contributed by atoms with Crippen LogP contribution in [-0.4, -0.2) is 17.9 Å². The van der Waals surface area contributed by atoms with E-state index in [4.69, 9.17) is 0 Å². The van der Waals surface area contributed by atoms with Crippen LogP contribution in [0.15, 0.2) is 51.4 Å². The second kappa shape index (κ2) is 8.24. The number of hydrazone groups is 1. The van der Waals surface area contributed by atoms with Gasteiger partial charge >= 0.3 is 0 Å². The Balaban J connectivity index is 1.68. The standard InChI is InChI=1S/C14H13BrN2OS2/c15-12-4-1-3-11(7-12)9-19-10-14(18)17-16-8-13-5-2-6-20-13/h1-8H,9-10H2,(H,17,18). The van der Waals surface area contributed by atoms with Gasteiger partial charge in [-0.15, -0.1) is 23.1 Å². The van der Waals surface area contributed by atoms with Crippen LogP contribution >= 0.6 is 39.0 Å². The minimum Gasteiger partial charge on any atom is -0.272 e. The van der Waals surface area contributed by atoms with E-state index in [9.17, 15) is 4.79 Å². The Morgan fingerprint density at radius 1 is 1.40 bits per heavy atom. The lowest BCUT2D eigenvalue weighted by Gasteiger charge is -2.02. The van der Waals surface area contributed by atoms with Crippen LogP contribution in [0.3, 0.4) is 0 Å². The maximum absolute atomic E-state index is 11.6. The van der Waals surface area contributed by atoms with Crippen molar-refractivity contribution in [2.24, 2.45) is 5.10 Å². The number of amides is 1. The highest BCUT2D eigenvalue weighted by atomic mass is 79.9. The van der Waals surface area contributed by atoms with Gasteiger partial charge in [-0.3, -0.25) is 4.79 Å². The van der Waals surface area contributed by atoms with Gasteiger partial charge in [0.05, 0.1) is 12.0 Å². The molecular formula is C14H13BrN2OS2. The molecule has 0 fully saturated rings. The maximum Gasteiger partial charge on any atom is 0.250 e. The van der Waals surface area contributed by atoms with Crippen LogP contribution in [0.5, 0.6) is 0 Å². The van der Waals surface area contributed by atoms with Crippen molar-refractivity contribution in [3.8, 4) is 0 Å². The van der Waals surface area contributed by atoms with Crippen LogP contribution in [0.25, 0.3) is 0 Å². The topological polar surface area (TPSA) is 41.5 Å². The molecule has 1 amide bonds. The van der Waals surface area contributed by atoms with Gasteiger partial charge < -0.3 is 0 Å². The number of nitrogens with one attached hydrogen (secondary N) is 1. The molecule has 0 spiro atoms. The SMILES string of the molecule is O=C(CSCc1cccc(Br)c1)NN=Cc1cccs1. The van der Waals surface area contributed by atoms with Gasteiger partial charge in [0.2, 0.25) is 5.91 Å². The molecule has 1 aromatic carbocycles. The Hall–Kier alpha value is -1.11. The molecular weight excluding hydrogens is 356 g/mol. The molecule has 0 aliphatic heterocycles. The number of carbonyl (C=O) groups is 1. The predicted octanol–water partition coefficient (Wildman–Crippen LogP) is 3.89. The lowest BCUT2D eigenvalue weighted by Crippen LogP contribution is -2.19. The third-order valence-electron chi connectivity index (χ3n) is 2.32. The summed E-state index contributed by atoms with van der Waals surface area (Å²) in [5.41, 5.74) is 3.72. The number of nitrogens with zero attached hydrogens (tertiary/aromatic N) is 1. The lowest BCUT2D eigenvalue weighted by atomic mass is 10.2. The number of halogens is 1. The van der Waals surface area contributed by atoms with Crippen molar-refractivity contribution in [1.29, 1.82) is 0 Å². The summed E-state index contributed by atoms with van der Waals surface area (Å²) in [6.07, 6.45) is 1.65. The molecule has 2 rings (SSSR count). The third kappa shape index (κ3) is 5.48. The average Bonchev–Trinajstić information content (AvgIpc) is 2.92. The first-order valence-electron chi connectivity index (χ1n) is 5.91. The number of hydrogen-bond acceptors (Lipinski definition) is 4. The molecule has 20 heavy (non-hydrogen) atoms. The highest BCUT2D eigenvalue weighted by Crippen LogP contribution is 2.16. The van der Waals surface area contributed by atoms with Gasteiger partial charge in [-0.25, -0.2) is 5.43 Å². The van der Waals surface area contributed by atoms with E-state index >= 15 is 0 Å². The van der Waals surface area contributed by atoms with Crippen LogP contribution in [0.2, 0.25) is 0 Å². The minimum absolute atomic E-state index is 0.0854. The van der Waals surface area contributed by atoms with Gasteiger partial charge in [-0.2, -0.15) is 5.10 Å². The molecule has 1 heterocycles. The summed E-state index contributed by atoms with van der Waals surface area (Å²) in [7, 11) is 0. The van der Waals surface area contributed by atoms with Gasteiger partial charge in [0.15, 0.2) is 0 Å². The van der Waals surface area contributed by atoms with Crippen LogP contribution in [0.1, 0.15) is 10.4 Å². The molecule has 0 aliphatic carbocycles. The van der Waals surface area contributed by atoms with Crippen molar-refractivity contribution in [3.63, 3.8) is 0 Å². The van der Waals surface area contributed by atoms with Crippen molar-refractivity contribution in [3.05, 3.63) is 56.7 Å². The Morgan fingerprint density at radius 3 is 3.05 bits per heavy atom. The average molecular weight is 369 g/mol. The first kappa shape index (κ1) is 15.3. The van der Waals surface area contributed by atoms with Crippen LogP contribution in [0, 0.1) is 0 Å². The highest BCUT2D eigenvalue weighted by Gasteiger charge is 2.01. The zero-order chi connectivity index (χ0) is 14.2. The number of benzene rings is 1. The second-order valence-electron chi connectivity index (χ2n) is 3.93. The molecule has 0 unspecified atom stereocenters. The molecule has 0 saturated heterocycles. The van der Waals surface area contributed by atoms with Crippen LogP contribution in [0.4, 0.5) is 0 Å². The zero-order valence-electron chi connectivity index (χ0n) is 10.6. The smallest absolute Gasteiger partial charge is 0.250 e. The molecule has 104 valence electrons. The molecule has 1 aromatic heterocycles. The van der Waals surface area contributed by atoms with E-state index in [0.717, 1.165) is 15.1 Å². The second-order valence-corrected chi connectivity index (χ2v) is 6.81. The first-order chi connectivity index (χ1) is 9.74. The maximum atomic E-state index is 11.6. The van der Waals surface area contributed by atoms with Crippen LogP contribution in [-0.2, 0) is 10.5 Å². The quantitative estimate of drug-likeness (QED) is 0.620. The number of thioether (sulfide) groups is 1. The van der Waals surface area contributed by atoms with E-state index < -0.39 is 0 Å². The lowest BCUT2D eigenvalue weighted by molar-refractivity contribution is -0.118. The summed E-state index contributed by atoms with van der Waals surface area (Å²) >= 11 is 6.58. The van der Waals surface area contributed by atoms with E-state index in [1.165, 1.54) is 5.56 Å². The van der Waals surface area contributed by atoms with Gasteiger partial charge in [0.25, 0.3) is 0 Å². The summed E-state index contributed by atoms with van der Waals surface area (Å²) < 4.78 is 1.06. The Kier molecular flexibility index (Phi) is 6.29. The van der Waals surface area contributed by atoms with Crippen molar-refractivity contribution in [2.45, 2.75) is 5.75 Å². The summed E-state index contributed by atoms with van der Waals surface area (Å²) in [5.74, 6) is 1.12. The molecule has 0 bridgehead atoms. The fourth-order valence-corrected chi connectivity index (χ4v) is 3.25. The molecule has 3 nitrogen and oxygen atoms in total. The predicted molar refractivity (Wildman–Crippen MR) is 90.4 cm³/mol. The normalized spacial score (nSPS) is 10.8. The summed E-state index contributed by atoms with van der Waals surface area (Å²) in [6, 6.07) is 12.0. The van der Waals surface area contributed by atoms with Crippen molar-refractivity contribution < 1.29 is 4.79 Å². The van der Waals surface area contributed by atoms with Gasteiger partial charge in [0.1, 0.15) is 0 Å². The van der Waals surface area contributed by atoms with Gasteiger partial charge in [-0.05, 0) is 29.1 Å². The molecule has 6 heteroatoms. The zero-order valence-corrected chi connectivity index (χ0v) is 13.8. The number of hydrogen-bond donors (Lipinski definition) is 1. The fourth-order valence-electron chi connectivity index (χ4n) is 1.45. The largest absolute Gasteiger partial charge is 0.272 e. The molecule has 0 radical (unpaired) electrons. The molecule has 0 aliphatic rings. The number of carbonyl (C=O) groups excluding carboxylic acids is 1. The third-order valence-corrected chi connectivity index (χ3v) is 4.62. The van der Waals surface area contributed by atoms with E-state index in [2.05, 4.69) is 32.5 Å². The number of rotatable bonds is 6. The Labute approximate surface area is 134 Å². The fraction of sp³-hybridized carbons (Fsp3) is 0.143. The summed E-state index contributed by atoms with van der Waals surface area (Å²) in [4.78, 5) is 12.6. The summed E-state index contributed by atoms with van der Waals surface area (Å²) in [5, 5.41) is 5.89. The van der Waals surface area contributed by atoms with Crippen molar-refractivity contribution >= 4 is 51.2 Å². The highest BCUT2D eigenvalue weighted by molar-refractivity contribution is 9.10. The minimum atomic E-state index is -0.0854. The van der Waals surface area contributed by atoms with Gasteiger partial charge in [-0.1, -0.05) is 34.1 Å². The van der Waals surface area contributed by atoms with Gasteiger partial charge in [0, 0.05) is 15.1 Å². The van der Waals surface area contributed by atoms with Crippen LogP contribution < -0.4 is 5.43 Å². The Morgan fingerprint density at radius 2 is 2.30 bits per heavy atom. The monoisotopic (exact) mass is 368 g/mol. The van der Waals surface area contributed by atoms with E-state index in [1.54, 1.807) is 29.3 Å². The first-order valence-corrected chi connectivity index (χ1v) is 8.74. The summed E-state index contributed by atoms with van der Waals surface area (Å²) in [6.45, 7) is 0. The van der Waals surface area contributed by atoms with E-state index in [0.29, 0.717) is 5.75 Å². The van der Waals surface area contributed by atoms with Crippen molar-refractivity contribution in [1.82, 2.24) is 5.43 Å². The number of thiophene rings is 1. The molecule has 0 saturated carbocycles. The molecule has 2 aromatic rings. The molecule has 0 atom stereocenters. The van der Waals surface area contributed by atoms with Crippen molar-refractivity contribution in [2.75, 3.05) is 5.75 Å². The van der Waals surface area contributed by atoms with E-state index in [-0.39, 0.29) is 5.91 Å².